The molecule has 3 rings (SSSR count). The van der Waals surface area contributed by atoms with Crippen molar-refractivity contribution < 1.29 is 19.4 Å². The Bertz CT molecular complexity index is 780. The Balaban J connectivity index is 1.85. The summed E-state index contributed by atoms with van der Waals surface area (Å²) < 4.78 is 12.6. The van der Waals surface area contributed by atoms with Crippen molar-refractivity contribution in [3.05, 3.63) is 24.8 Å². The predicted molar refractivity (Wildman–Crippen MR) is 85.3 cm³/mol. The van der Waals surface area contributed by atoms with E-state index in [0.29, 0.717) is 11.2 Å². The van der Waals surface area contributed by atoms with Crippen molar-refractivity contribution in [2.45, 2.75) is 38.7 Å². The number of aliphatic hydroxyl groups excluding tert-OH is 1. The van der Waals surface area contributed by atoms with E-state index in [-0.39, 0.29) is 18.5 Å². The number of carbonyl (C=O) groups excluding carboxylic acids is 1. The zero-order valence-corrected chi connectivity index (χ0v) is 13.6. The van der Waals surface area contributed by atoms with E-state index in [4.69, 9.17) is 14.6 Å². The standard InChI is InChI=1S/C15H19N5O4/c1-15(2,3)24-14(22)19-12-11-13(17-7-16-12)20(8-18-11)10-5-4-9(6-21)23-10/h4-5,7-10,21H,6H2,1-3H3,(H,16,17,19,22). The van der Waals surface area contributed by atoms with Crippen LogP contribution in [0.4, 0.5) is 10.6 Å². The smallest absolute Gasteiger partial charge is 0.413 e. The minimum Gasteiger partial charge on any atom is -0.444 e. The Labute approximate surface area is 138 Å². The molecular formula is C15H19N5O4. The van der Waals surface area contributed by atoms with Gasteiger partial charge in [0.1, 0.15) is 18.0 Å². The fourth-order valence-electron chi connectivity index (χ4n) is 2.28. The molecule has 2 N–H and O–H groups in total. The first-order valence-corrected chi connectivity index (χ1v) is 7.49. The van der Waals surface area contributed by atoms with Crippen LogP contribution in [0.3, 0.4) is 0 Å². The minimum atomic E-state index is -0.616. The SMILES string of the molecule is CC(C)(C)OC(=O)Nc1ncnc2c1ncn2C1C=CC(CO)O1. The average Bonchev–Trinajstić information content (AvgIpc) is 3.11. The van der Waals surface area contributed by atoms with Crippen LogP contribution in [0.25, 0.3) is 11.2 Å². The molecule has 0 spiro atoms. The Morgan fingerprint density at radius 2 is 2.17 bits per heavy atom. The molecule has 0 aromatic carbocycles. The number of hydrogen-bond acceptors (Lipinski definition) is 7. The summed E-state index contributed by atoms with van der Waals surface area (Å²) in [7, 11) is 0. The van der Waals surface area contributed by atoms with Crippen molar-refractivity contribution in [1.29, 1.82) is 0 Å². The number of nitrogens with one attached hydrogen (secondary N) is 1. The largest absolute Gasteiger partial charge is 0.444 e. The lowest BCUT2D eigenvalue weighted by atomic mass is 10.2. The number of carbonyl (C=O) groups is 1. The van der Waals surface area contributed by atoms with Crippen LogP contribution in [-0.4, -0.2) is 49.0 Å². The summed E-state index contributed by atoms with van der Waals surface area (Å²) in [4.78, 5) is 24.4. The van der Waals surface area contributed by atoms with Gasteiger partial charge in [0.2, 0.25) is 0 Å². The molecule has 2 aromatic heterocycles. The van der Waals surface area contributed by atoms with Gasteiger partial charge in [0.25, 0.3) is 0 Å². The number of rotatable bonds is 3. The fraction of sp³-hybridized carbons (Fsp3) is 0.467. The van der Waals surface area contributed by atoms with Crippen LogP contribution in [0, 0.1) is 0 Å². The van der Waals surface area contributed by atoms with Crippen molar-refractivity contribution >= 4 is 23.1 Å². The molecule has 0 saturated carbocycles. The van der Waals surface area contributed by atoms with Crippen LogP contribution >= 0.6 is 0 Å². The summed E-state index contributed by atoms with van der Waals surface area (Å²) in [5.41, 5.74) is 0.314. The third-order valence-electron chi connectivity index (χ3n) is 3.24. The fourth-order valence-corrected chi connectivity index (χ4v) is 2.28. The molecule has 3 heterocycles. The third-order valence-corrected chi connectivity index (χ3v) is 3.24. The Hall–Kier alpha value is -2.52. The van der Waals surface area contributed by atoms with Crippen molar-refractivity contribution in [3.63, 3.8) is 0 Å². The van der Waals surface area contributed by atoms with Gasteiger partial charge in [-0.05, 0) is 26.8 Å². The summed E-state index contributed by atoms with van der Waals surface area (Å²) in [6.45, 7) is 5.23. The van der Waals surface area contributed by atoms with Gasteiger partial charge in [-0.15, -0.1) is 0 Å². The number of fused-ring (bicyclic) bond motifs is 1. The number of aromatic nitrogens is 4. The Morgan fingerprint density at radius 3 is 2.83 bits per heavy atom. The van der Waals surface area contributed by atoms with Gasteiger partial charge in [-0.1, -0.05) is 6.08 Å². The minimum absolute atomic E-state index is 0.0972. The third kappa shape index (κ3) is 3.36. The number of anilines is 1. The molecule has 9 heteroatoms. The van der Waals surface area contributed by atoms with Crippen LogP contribution in [-0.2, 0) is 9.47 Å². The summed E-state index contributed by atoms with van der Waals surface area (Å²) in [5.74, 6) is 0.258. The predicted octanol–water partition coefficient (Wildman–Crippen LogP) is 1.62. The molecule has 1 amide bonds. The highest BCUT2D eigenvalue weighted by Gasteiger charge is 2.24. The van der Waals surface area contributed by atoms with Crippen molar-refractivity contribution in [1.82, 2.24) is 19.5 Å². The molecule has 1 aliphatic rings. The first-order valence-electron chi connectivity index (χ1n) is 7.49. The summed E-state index contributed by atoms with van der Waals surface area (Å²) in [6, 6.07) is 0. The van der Waals surface area contributed by atoms with Gasteiger partial charge in [-0.25, -0.2) is 19.7 Å². The second kappa shape index (κ2) is 6.17. The quantitative estimate of drug-likeness (QED) is 0.821. The van der Waals surface area contributed by atoms with Crippen molar-refractivity contribution in [2.24, 2.45) is 0 Å². The lowest BCUT2D eigenvalue weighted by Crippen LogP contribution is -2.27. The molecule has 0 bridgehead atoms. The van der Waals surface area contributed by atoms with Gasteiger partial charge in [-0.3, -0.25) is 9.88 Å². The second-order valence-electron chi connectivity index (χ2n) is 6.31. The highest BCUT2D eigenvalue weighted by Crippen LogP contribution is 2.26. The first kappa shape index (κ1) is 16.3. The number of imidazole rings is 1. The number of hydrogen-bond donors (Lipinski definition) is 2. The van der Waals surface area contributed by atoms with Gasteiger partial charge in [0.05, 0.1) is 12.9 Å². The van der Waals surface area contributed by atoms with Gasteiger partial charge >= 0.3 is 6.09 Å². The van der Waals surface area contributed by atoms with Crippen LogP contribution in [0.2, 0.25) is 0 Å². The molecule has 9 nitrogen and oxygen atoms in total. The lowest BCUT2D eigenvalue weighted by Gasteiger charge is -2.19. The van der Waals surface area contributed by atoms with E-state index in [2.05, 4.69) is 20.3 Å². The Morgan fingerprint density at radius 1 is 1.38 bits per heavy atom. The lowest BCUT2D eigenvalue weighted by molar-refractivity contribution is -0.00638. The molecule has 0 fully saturated rings. The number of aliphatic hydroxyl groups is 1. The van der Waals surface area contributed by atoms with Crippen LogP contribution in [0.15, 0.2) is 24.8 Å². The van der Waals surface area contributed by atoms with E-state index in [1.807, 2.05) is 6.08 Å². The molecular weight excluding hydrogens is 314 g/mol. The van der Waals surface area contributed by atoms with Crippen molar-refractivity contribution in [2.75, 3.05) is 11.9 Å². The molecule has 1 aliphatic heterocycles. The van der Waals surface area contributed by atoms with E-state index in [9.17, 15) is 4.79 Å². The molecule has 2 aromatic rings. The Kier molecular flexibility index (Phi) is 4.20. The molecule has 128 valence electrons. The van der Waals surface area contributed by atoms with Crippen molar-refractivity contribution in [3.8, 4) is 0 Å². The molecule has 0 saturated heterocycles. The van der Waals surface area contributed by atoms with E-state index in [0.717, 1.165) is 0 Å². The molecule has 2 atom stereocenters. The van der Waals surface area contributed by atoms with Crippen LogP contribution in [0.1, 0.15) is 27.0 Å². The van der Waals surface area contributed by atoms with E-state index in [1.54, 1.807) is 37.7 Å². The van der Waals surface area contributed by atoms with Gasteiger partial charge in [0, 0.05) is 0 Å². The van der Waals surface area contributed by atoms with E-state index in [1.165, 1.54) is 6.33 Å². The number of amides is 1. The zero-order valence-electron chi connectivity index (χ0n) is 13.6. The molecule has 0 aliphatic carbocycles. The topological polar surface area (TPSA) is 111 Å². The first-order chi connectivity index (χ1) is 11.4. The zero-order chi connectivity index (χ0) is 17.3. The molecule has 2 unspecified atom stereocenters. The van der Waals surface area contributed by atoms with Crippen LogP contribution in [0.5, 0.6) is 0 Å². The molecule has 24 heavy (non-hydrogen) atoms. The highest BCUT2D eigenvalue weighted by atomic mass is 16.6. The van der Waals surface area contributed by atoms with E-state index < -0.39 is 17.9 Å². The summed E-state index contributed by atoms with van der Waals surface area (Å²) >= 11 is 0. The van der Waals surface area contributed by atoms with Gasteiger partial charge < -0.3 is 14.6 Å². The number of ether oxygens (including phenoxy) is 2. The average molecular weight is 333 g/mol. The summed E-state index contributed by atoms with van der Waals surface area (Å²) in [6.07, 6.45) is 5.08. The normalized spacial score (nSPS) is 20.5. The number of nitrogens with zero attached hydrogens (tertiary/aromatic N) is 4. The van der Waals surface area contributed by atoms with Gasteiger partial charge in [-0.2, -0.15) is 0 Å². The monoisotopic (exact) mass is 333 g/mol. The van der Waals surface area contributed by atoms with Gasteiger partial charge in [0.15, 0.2) is 23.2 Å². The highest BCUT2D eigenvalue weighted by molar-refractivity contribution is 5.93. The maximum Gasteiger partial charge on any atom is 0.413 e. The maximum atomic E-state index is 11.9. The van der Waals surface area contributed by atoms with Crippen LogP contribution < -0.4 is 5.32 Å². The summed E-state index contributed by atoms with van der Waals surface area (Å²) in [5, 5.41) is 11.7. The maximum absolute atomic E-state index is 11.9. The van der Waals surface area contributed by atoms with E-state index >= 15 is 0 Å². The second-order valence-corrected chi connectivity index (χ2v) is 6.31. The molecule has 0 radical (unpaired) electrons.